The Kier molecular flexibility index (Phi) is 4.91. The van der Waals surface area contributed by atoms with Crippen LogP contribution in [0.5, 0.6) is 0 Å². The minimum atomic E-state index is -3.47. The molecule has 0 aliphatic carbocycles. The highest BCUT2D eigenvalue weighted by Gasteiger charge is 2.14. The van der Waals surface area contributed by atoms with E-state index in [0.717, 1.165) is 11.3 Å². The van der Waals surface area contributed by atoms with E-state index in [1.807, 2.05) is 0 Å². The van der Waals surface area contributed by atoms with Gasteiger partial charge in [0.1, 0.15) is 4.21 Å². The predicted octanol–water partition coefficient (Wildman–Crippen LogP) is 0.980. The Morgan fingerprint density at radius 3 is 2.88 bits per heavy atom. The number of hydrogen-bond acceptors (Lipinski definition) is 5. The molecule has 1 N–H and O–H groups in total. The van der Waals surface area contributed by atoms with Crippen molar-refractivity contribution in [1.29, 1.82) is 0 Å². The Labute approximate surface area is 98.5 Å². The Hall–Kier alpha value is -0.920. The van der Waals surface area contributed by atoms with Crippen molar-refractivity contribution in [3.63, 3.8) is 0 Å². The molecule has 0 amide bonds. The summed E-state index contributed by atoms with van der Waals surface area (Å²) in [5, 5.41) is 1.68. The van der Waals surface area contributed by atoms with Crippen LogP contribution in [0.4, 0.5) is 0 Å². The third kappa shape index (κ3) is 3.92. The lowest BCUT2D eigenvalue weighted by atomic mass is 10.4. The average molecular weight is 263 g/mol. The zero-order valence-corrected chi connectivity index (χ0v) is 10.4. The maximum absolute atomic E-state index is 11.6. The quantitative estimate of drug-likeness (QED) is 0.777. The molecule has 0 radical (unpaired) electrons. The lowest BCUT2D eigenvalue weighted by Gasteiger charge is -2.04. The van der Waals surface area contributed by atoms with Crippen molar-refractivity contribution < 1.29 is 17.9 Å². The number of hydrogen-bond donors (Lipinski definition) is 1. The van der Waals surface area contributed by atoms with E-state index in [0.29, 0.717) is 6.61 Å². The lowest BCUT2D eigenvalue weighted by Crippen LogP contribution is -2.26. The fourth-order valence-electron chi connectivity index (χ4n) is 1.01. The summed E-state index contributed by atoms with van der Waals surface area (Å²) in [6.07, 6.45) is 0.0401. The number of carbonyl (C=O) groups excluding carboxylic acids is 1. The molecular weight excluding hydrogens is 250 g/mol. The van der Waals surface area contributed by atoms with Gasteiger partial charge in [-0.3, -0.25) is 4.79 Å². The SMILES string of the molecule is CCOC(=O)CCNS(=O)(=O)c1cccs1. The number of nitrogens with one attached hydrogen (secondary N) is 1. The van der Waals surface area contributed by atoms with Crippen LogP contribution in [0.25, 0.3) is 0 Å². The first kappa shape index (κ1) is 13.1. The molecule has 0 saturated heterocycles. The molecule has 0 aliphatic rings. The molecule has 90 valence electrons. The van der Waals surface area contributed by atoms with Gasteiger partial charge in [0.25, 0.3) is 0 Å². The molecule has 0 fully saturated rings. The van der Waals surface area contributed by atoms with E-state index < -0.39 is 16.0 Å². The van der Waals surface area contributed by atoms with Crippen LogP contribution >= 0.6 is 11.3 Å². The molecular formula is C9H13NO4S2. The lowest BCUT2D eigenvalue weighted by molar-refractivity contribution is -0.142. The molecule has 0 spiro atoms. The highest BCUT2D eigenvalue weighted by atomic mass is 32.2. The highest BCUT2D eigenvalue weighted by Crippen LogP contribution is 2.14. The van der Waals surface area contributed by atoms with Crippen molar-refractivity contribution in [2.75, 3.05) is 13.2 Å². The van der Waals surface area contributed by atoms with Crippen LogP contribution in [0.2, 0.25) is 0 Å². The molecule has 0 bridgehead atoms. The van der Waals surface area contributed by atoms with E-state index in [-0.39, 0.29) is 17.2 Å². The summed E-state index contributed by atoms with van der Waals surface area (Å²) in [6.45, 7) is 2.06. The maximum atomic E-state index is 11.6. The van der Waals surface area contributed by atoms with Crippen LogP contribution in [0.1, 0.15) is 13.3 Å². The number of esters is 1. The number of carbonyl (C=O) groups is 1. The molecule has 1 aromatic heterocycles. The van der Waals surface area contributed by atoms with Crippen LogP contribution in [0.15, 0.2) is 21.7 Å². The summed E-state index contributed by atoms with van der Waals surface area (Å²) in [4.78, 5) is 11.0. The van der Waals surface area contributed by atoms with E-state index in [1.165, 1.54) is 6.07 Å². The normalized spacial score (nSPS) is 11.3. The van der Waals surface area contributed by atoms with Gasteiger partial charge in [0, 0.05) is 6.54 Å². The third-order valence-electron chi connectivity index (χ3n) is 1.69. The van der Waals surface area contributed by atoms with Crippen molar-refractivity contribution in [2.45, 2.75) is 17.6 Å². The summed E-state index contributed by atoms with van der Waals surface area (Å²) in [5.74, 6) is -0.406. The Morgan fingerprint density at radius 1 is 1.56 bits per heavy atom. The zero-order chi connectivity index (χ0) is 12.0. The molecule has 1 aromatic rings. The van der Waals surface area contributed by atoms with Gasteiger partial charge >= 0.3 is 5.97 Å². The first-order valence-corrected chi connectivity index (χ1v) is 7.11. The van der Waals surface area contributed by atoms with Gasteiger partial charge in [0.2, 0.25) is 10.0 Å². The first-order valence-electron chi connectivity index (χ1n) is 4.75. The second-order valence-corrected chi connectivity index (χ2v) is 5.83. The minimum absolute atomic E-state index is 0.0401. The highest BCUT2D eigenvalue weighted by molar-refractivity contribution is 7.91. The van der Waals surface area contributed by atoms with Gasteiger partial charge < -0.3 is 4.74 Å². The molecule has 1 heterocycles. The van der Waals surface area contributed by atoms with E-state index >= 15 is 0 Å². The van der Waals surface area contributed by atoms with Gasteiger partial charge in [-0.05, 0) is 18.4 Å². The number of rotatable bonds is 6. The van der Waals surface area contributed by atoms with Crippen LogP contribution in [0, 0.1) is 0 Å². The van der Waals surface area contributed by atoms with E-state index in [2.05, 4.69) is 9.46 Å². The Morgan fingerprint density at radius 2 is 2.31 bits per heavy atom. The van der Waals surface area contributed by atoms with Crippen LogP contribution < -0.4 is 4.72 Å². The number of ether oxygens (including phenoxy) is 1. The molecule has 0 atom stereocenters. The van der Waals surface area contributed by atoms with Crippen LogP contribution in [-0.4, -0.2) is 27.5 Å². The molecule has 1 rings (SSSR count). The van der Waals surface area contributed by atoms with Crippen molar-refractivity contribution in [3.05, 3.63) is 17.5 Å². The van der Waals surface area contributed by atoms with Crippen LogP contribution in [0.3, 0.4) is 0 Å². The summed E-state index contributed by atoms with van der Waals surface area (Å²) in [5.41, 5.74) is 0. The Balaban J connectivity index is 2.41. The fraction of sp³-hybridized carbons (Fsp3) is 0.444. The summed E-state index contributed by atoms with van der Waals surface area (Å²) in [7, 11) is -3.47. The van der Waals surface area contributed by atoms with Crippen molar-refractivity contribution in [3.8, 4) is 0 Å². The number of thiophene rings is 1. The van der Waals surface area contributed by atoms with Crippen molar-refractivity contribution >= 4 is 27.3 Å². The van der Waals surface area contributed by atoms with Gasteiger partial charge in [-0.2, -0.15) is 0 Å². The monoisotopic (exact) mass is 263 g/mol. The third-order valence-corrected chi connectivity index (χ3v) is 4.54. The van der Waals surface area contributed by atoms with Crippen molar-refractivity contribution in [1.82, 2.24) is 4.72 Å². The van der Waals surface area contributed by atoms with Gasteiger partial charge in [0.05, 0.1) is 13.0 Å². The second kappa shape index (κ2) is 5.97. The molecule has 0 saturated carbocycles. The Bertz CT molecular complexity index is 424. The summed E-state index contributed by atoms with van der Waals surface area (Å²) < 4.78 is 30.4. The van der Waals surface area contributed by atoms with Gasteiger partial charge in [-0.25, -0.2) is 13.1 Å². The molecule has 5 nitrogen and oxygen atoms in total. The fourth-order valence-corrected chi connectivity index (χ4v) is 3.08. The second-order valence-electron chi connectivity index (χ2n) is 2.88. The molecule has 0 unspecified atom stereocenters. The van der Waals surface area contributed by atoms with Crippen LogP contribution in [-0.2, 0) is 19.6 Å². The first-order chi connectivity index (χ1) is 7.56. The van der Waals surface area contributed by atoms with E-state index in [1.54, 1.807) is 18.4 Å². The summed E-state index contributed by atoms with van der Waals surface area (Å²) in [6, 6.07) is 3.17. The topological polar surface area (TPSA) is 72.5 Å². The molecule has 7 heteroatoms. The standard InChI is InChI=1S/C9H13NO4S2/c1-2-14-8(11)5-6-10-16(12,13)9-4-3-7-15-9/h3-4,7,10H,2,5-6H2,1H3. The zero-order valence-electron chi connectivity index (χ0n) is 8.80. The largest absolute Gasteiger partial charge is 0.466 e. The number of sulfonamides is 1. The molecule has 16 heavy (non-hydrogen) atoms. The maximum Gasteiger partial charge on any atom is 0.307 e. The molecule has 0 aliphatic heterocycles. The van der Waals surface area contributed by atoms with E-state index in [4.69, 9.17) is 0 Å². The summed E-state index contributed by atoms with van der Waals surface area (Å²) >= 11 is 1.13. The van der Waals surface area contributed by atoms with Gasteiger partial charge in [-0.1, -0.05) is 6.07 Å². The predicted molar refractivity (Wildman–Crippen MR) is 60.8 cm³/mol. The smallest absolute Gasteiger partial charge is 0.307 e. The van der Waals surface area contributed by atoms with Gasteiger partial charge in [-0.15, -0.1) is 11.3 Å². The van der Waals surface area contributed by atoms with Gasteiger partial charge in [0.15, 0.2) is 0 Å². The van der Waals surface area contributed by atoms with E-state index in [9.17, 15) is 13.2 Å². The van der Waals surface area contributed by atoms with Crippen molar-refractivity contribution in [2.24, 2.45) is 0 Å². The minimum Gasteiger partial charge on any atom is -0.466 e. The molecule has 0 aromatic carbocycles. The average Bonchev–Trinajstić information content (AvgIpc) is 2.71.